The Morgan fingerprint density at radius 2 is 2.00 bits per heavy atom. The molecule has 3 nitrogen and oxygen atoms in total. The van der Waals surface area contributed by atoms with E-state index in [1.54, 1.807) is 0 Å². The third-order valence-electron chi connectivity index (χ3n) is 1.79. The maximum absolute atomic E-state index is 5.25. The van der Waals surface area contributed by atoms with Gasteiger partial charge in [-0.3, -0.25) is 0 Å². The highest BCUT2D eigenvalue weighted by atomic mass is 15.1. The molecule has 0 spiro atoms. The molecule has 0 aromatic carbocycles. The van der Waals surface area contributed by atoms with Crippen LogP contribution in [0, 0.1) is 0 Å². The minimum atomic E-state index is 1.02. The van der Waals surface area contributed by atoms with Crippen molar-refractivity contribution in [3.8, 4) is 0 Å². The molecule has 0 rings (SSSR count). The number of nitrogens with zero attached hydrogens (tertiary/aromatic N) is 2. The molecule has 0 bridgehead atoms. The second kappa shape index (κ2) is 5.52. The molecule has 0 saturated heterocycles. The van der Waals surface area contributed by atoms with Crippen LogP contribution in [0.5, 0.6) is 0 Å². The Balaban J connectivity index is 4.14. The van der Waals surface area contributed by atoms with Crippen LogP contribution in [0.3, 0.4) is 0 Å². The standard InChI is InChI=1S/C9H19N3/c1-5-12(4)9(2)8-11(3)7-6-10/h6-8H,5,10H2,1-4H3/b7-6-,9-8-. The Morgan fingerprint density at radius 1 is 1.42 bits per heavy atom. The average Bonchev–Trinajstić information content (AvgIpc) is 2.03. The first-order valence-electron chi connectivity index (χ1n) is 4.11. The van der Waals surface area contributed by atoms with Crippen LogP contribution in [0.4, 0.5) is 0 Å². The van der Waals surface area contributed by atoms with Gasteiger partial charge >= 0.3 is 0 Å². The molecule has 0 aliphatic rings. The molecule has 0 amide bonds. The lowest BCUT2D eigenvalue weighted by molar-refractivity contribution is 0.428. The first kappa shape index (κ1) is 10.9. The van der Waals surface area contributed by atoms with E-state index in [0.29, 0.717) is 0 Å². The van der Waals surface area contributed by atoms with E-state index < -0.39 is 0 Å². The van der Waals surface area contributed by atoms with Gasteiger partial charge < -0.3 is 15.5 Å². The normalized spacial score (nSPS) is 12.2. The summed E-state index contributed by atoms with van der Waals surface area (Å²) in [4.78, 5) is 4.10. The Morgan fingerprint density at radius 3 is 2.42 bits per heavy atom. The van der Waals surface area contributed by atoms with Gasteiger partial charge in [0.25, 0.3) is 0 Å². The van der Waals surface area contributed by atoms with Gasteiger partial charge in [0.05, 0.1) is 0 Å². The van der Waals surface area contributed by atoms with Crippen molar-refractivity contribution in [2.45, 2.75) is 13.8 Å². The molecule has 12 heavy (non-hydrogen) atoms. The number of hydrogen-bond donors (Lipinski definition) is 1. The first-order valence-corrected chi connectivity index (χ1v) is 4.11. The van der Waals surface area contributed by atoms with Gasteiger partial charge in [-0.15, -0.1) is 0 Å². The summed E-state index contributed by atoms with van der Waals surface area (Å²) in [6, 6.07) is 0. The van der Waals surface area contributed by atoms with Crippen molar-refractivity contribution in [2.75, 3.05) is 20.6 Å². The van der Waals surface area contributed by atoms with Crippen molar-refractivity contribution in [1.82, 2.24) is 9.80 Å². The highest BCUT2D eigenvalue weighted by Gasteiger charge is 1.94. The smallest absolute Gasteiger partial charge is 0.0263 e. The fourth-order valence-electron chi connectivity index (χ4n) is 0.821. The third kappa shape index (κ3) is 3.91. The molecule has 0 atom stereocenters. The largest absolute Gasteiger partial charge is 0.403 e. The molecule has 0 aliphatic carbocycles. The van der Waals surface area contributed by atoms with Gasteiger partial charge in [-0.1, -0.05) is 0 Å². The van der Waals surface area contributed by atoms with E-state index in [9.17, 15) is 0 Å². The SMILES string of the molecule is CCN(C)/C(C)=C\N(C)/C=C\N. The summed E-state index contributed by atoms with van der Waals surface area (Å²) in [6.45, 7) is 5.21. The summed E-state index contributed by atoms with van der Waals surface area (Å²) in [6.07, 6.45) is 5.37. The van der Waals surface area contributed by atoms with E-state index in [4.69, 9.17) is 5.73 Å². The van der Waals surface area contributed by atoms with Gasteiger partial charge in [-0.05, 0) is 13.8 Å². The van der Waals surface area contributed by atoms with Crippen LogP contribution in [0.15, 0.2) is 24.3 Å². The summed E-state index contributed by atoms with van der Waals surface area (Å²) in [5.41, 5.74) is 6.47. The highest BCUT2D eigenvalue weighted by Crippen LogP contribution is 2.00. The number of rotatable bonds is 4. The molecule has 0 heterocycles. The number of allylic oxidation sites excluding steroid dienone is 1. The Bertz CT molecular complexity index is 173. The van der Waals surface area contributed by atoms with E-state index in [2.05, 4.69) is 25.8 Å². The van der Waals surface area contributed by atoms with E-state index in [1.165, 1.54) is 11.9 Å². The third-order valence-corrected chi connectivity index (χ3v) is 1.79. The minimum absolute atomic E-state index is 1.02. The fourth-order valence-corrected chi connectivity index (χ4v) is 0.821. The van der Waals surface area contributed by atoms with Gasteiger partial charge in [0.15, 0.2) is 0 Å². The molecule has 0 radical (unpaired) electrons. The van der Waals surface area contributed by atoms with Crippen LogP contribution in [-0.4, -0.2) is 30.4 Å². The lowest BCUT2D eigenvalue weighted by atomic mass is 10.4. The van der Waals surface area contributed by atoms with Crippen LogP contribution in [-0.2, 0) is 0 Å². The van der Waals surface area contributed by atoms with Crippen molar-refractivity contribution < 1.29 is 0 Å². The molecule has 0 fully saturated rings. The monoisotopic (exact) mass is 169 g/mol. The molecule has 70 valence electrons. The van der Waals surface area contributed by atoms with E-state index >= 15 is 0 Å². The Hall–Kier alpha value is -1.12. The van der Waals surface area contributed by atoms with Crippen LogP contribution in [0.2, 0.25) is 0 Å². The van der Waals surface area contributed by atoms with E-state index in [0.717, 1.165) is 6.54 Å². The Kier molecular flexibility index (Phi) is 5.00. The predicted molar refractivity (Wildman–Crippen MR) is 53.2 cm³/mol. The van der Waals surface area contributed by atoms with Gasteiger partial charge in [-0.25, -0.2) is 0 Å². The molecule has 3 heteroatoms. The summed E-state index contributed by atoms with van der Waals surface area (Å²) >= 11 is 0. The molecule has 0 aromatic rings. The van der Waals surface area contributed by atoms with Crippen LogP contribution < -0.4 is 5.73 Å². The maximum atomic E-state index is 5.25. The van der Waals surface area contributed by atoms with Gasteiger partial charge in [0, 0.05) is 44.9 Å². The summed E-state index contributed by atoms with van der Waals surface area (Å²) < 4.78 is 0. The Labute approximate surface area is 75.1 Å². The molecular formula is C9H19N3. The first-order chi connectivity index (χ1) is 5.61. The van der Waals surface area contributed by atoms with Crippen LogP contribution >= 0.6 is 0 Å². The van der Waals surface area contributed by atoms with Gasteiger partial charge in [0.1, 0.15) is 0 Å². The van der Waals surface area contributed by atoms with Gasteiger partial charge in [0.2, 0.25) is 0 Å². The molecular weight excluding hydrogens is 150 g/mol. The fraction of sp³-hybridized carbons (Fsp3) is 0.556. The molecule has 2 N–H and O–H groups in total. The lowest BCUT2D eigenvalue weighted by Gasteiger charge is -2.19. The predicted octanol–water partition coefficient (Wildman–Crippen LogP) is 1.16. The van der Waals surface area contributed by atoms with Crippen molar-refractivity contribution in [3.63, 3.8) is 0 Å². The van der Waals surface area contributed by atoms with Crippen molar-refractivity contribution in [2.24, 2.45) is 5.73 Å². The second-order valence-corrected chi connectivity index (χ2v) is 2.79. The highest BCUT2D eigenvalue weighted by molar-refractivity contribution is 4.98. The quantitative estimate of drug-likeness (QED) is 0.685. The van der Waals surface area contributed by atoms with Gasteiger partial charge in [-0.2, -0.15) is 0 Å². The van der Waals surface area contributed by atoms with Crippen LogP contribution in [0.25, 0.3) is 0 Å². The number of nitrogens with two attached hydrogens (primary N) is 1. The zero-order valence-electron chi connectivity index (χ0n) is 8.41. The van der Waals surface area contributed by atoms with E-state index in [-0.39, 0.29) is 0 Å². The maximum Gasteiger partial charge on any atom is 0.0263 e. The topological polar surface area (TPSA) is 32.5 Å². The van der Waals surface area contributed by atoms with Crippen molar-refractivity contribution in [1.29, 1.82) is 0 Å². The number of hydrogen-bond acceptors (Lipinski definition) is 3. The second-order valence-electron chi connectivity index (χ2n) is 2.79. The molecule has 0 aromatic heterocycles. The zero-order chi connectivity index (χ0) is 9.56. The van der Waals surface area contributed by atoms with E-state index in [1.807, 2.05) is 24.3 Å². The zero-order valence-corrected chi connectivity index (χ0v) is 8.41. The molecule has 0 saturated carbocycles. The molecule has 0 aliphatic heterocycles. The molecule has 0 unspecified atom stereocenters. The summed E-state index contributed by atoms with van der Waals surface area (Å²) in [7, 11) is 4.02. The summed E-state index contributed by atoms with van der Waals surface area (Å²) in [5.74, 6) is 0. The van der Waals surface area contributed by atoms with Crippen LogP contribution in [0.1, 0.15) is 13.8 Å². The van der Waals surface area contributed by atoms with Crippen molar-refractivity contribution in [3.05, 3.63) is 24.3 Å². The lowest BCUT2D eigenvalue weighted by Crippen LogP contribution is -2.17. The minimum Gasteiger partial charge on any atom is -0.403 e. The average molecular weight is 169 g/mol. The summed E-state index contributed by atoms with van der Waals surface area (Å²) in [5, 5.41) is 0. The van der Waals surface area contributed by atoms with Crippen molar-refractivity contribution >= 4 is 0 Å².